The van der Waals surface area contributed by atoms with E-state index in [-0.39, 0.29) is 6.61 Å². The number of benzene rings is 2. The highest BCUT2D eigenvalue weighted by Crippen LogP contribution is 2.33. The number of ether oxygens (including phenoxy) is 3. The average Bonchev–Trinajstić information content (AvgIpc) is 2.68. The topological polar surface area (TPSA) is 101 Å². The van der Waals surface area contributed by atoms with Crippen LogP contribution in [0.4, 0.5) is 0 Å². The quantitative estimate of drug-likeness (QED) is 0.355. The van der Waals surface area contributed by atoms with Crippen molar-refractivity contribution in [3.05, 3.63) is 65.2 Å². The van der Waals surface area contributed by atoms with Gasteiger partial charge < -0.3 is 24.8 Å². The molecule has 0 heterocycles. The molecule has 0 saturated carbocycles. The molecule has 0 spiro atoms. The largest absolute Gasteiger partial charge is 0.497 e. The van der Waals surface area contributed by atoms with Gasteiger partial charge in [-0.2, -0.15) is 4.79 Å². The molecule has 0 amide bonds. The van der Waals surface area contributed by atoms with E-state index in [2.05, 4.69) is 4.79 Å². The van der Waals surface area contributed by atoms with Crippen molar-refractivity contribution in [3.8, 4) is 11.5 Å². The Morgan fingerprint density at radius 1 is 1.00 bits per heavy atom. The molecule has 0 fully saturated rings. The van der Waals surface area contributed by atoms with E-state index in [4.69, 9.17) is 14.2 Å². The van der Waals surface area contributed by atoms with Crippen molar-refractivity contribution >= 4 is 11.7 Å². The molecule has 7 heteroatoms. The maximum absolute atomic E-state index is 12.3. The van der Waals surface area contributed by atoms with Crippen LogP contribution in [0, 0.1) is 0 Å². The summed E-state index contributed by atoms with van der Waals surface area (Å²) in [5.74, 6) is 0.220. The van der Waals surface area contributed by atoms with Crippen molar-refractivity contribution in [3.63, 3.8) is 0 Å². The summed E-state index contributed by atoms with van der Waals surface area (Å²) in [6.07, 6.45) is 0. The number of esters is 1. The average molecular weight is 356 g/mol. The Morgan fingerprint density at radius 3 is 1.73 bits per heavy atom. The van der Waals surface area contributed by atoms with Crippen LogP contribution < -0.4 is 9.47 Å². The van der Waals surface area contributed by atoms with E-state index >= 15 is 0 Å². The Morgan fingerprint density at radius 2 is 1.42 bits per heavy atom. The normalized spacial score (nSPS) is 10.6. The zero-order chi connectivity index (χ0) is 19.2. The Hall–Kier alpha value is -3.15. The minimum absolute atomic E-state index is 0.0686. The van der Waals surface area contributed by atoms with Crippen molar-refractivity contribution in [2.75, 3.05) is 20.8 Å². The summed E-state index contributed by atoms with van der Waals surface area (Å²) < 4.78 is 15.2. The lowest BCUT2D eigenvalue weighted by molar-refractivity contribution is -0.142. The molecule has 0 aliphatic carbocycles. The van der Waals surface area contributed by atoms with Crippen LogP contribution in [0.5, 0.6) is 11.5 Å². The van der Waals surface area contributed by atoms with Gasteiger partial charge in [0.2, 0.25) is 5.60 Å². The van der Waals surface area contributed by atoms with Gasteiger partial charge in [0.15, 0.2) is 0 Å². The van der Waals surface area contributed by atoms with Crippen molar-refractivity contribution in [2.24, 2.45) is 0 Å². The first-order valence-electron chi connectivity index (χ1n) is 7.92. The third kappa shape index (κ3) is 3.59. The molecule has 0 atom stereocenters. The molecule has 26 heavy (non-hydrogen) atoms. The molecule has 2 rings (SSSR count). The maximum Gasteiger partial charge on any atom is 0.421 e. The van der Waals surface area contributed by atoms with Crippen LogP contribution in [0.25, 0.3) is 5.53 Å². The monoisotopic (exact) mass is 356 g/mol. The molecular formula is C19H20N2O5. The second kappa shape index (κ2) is 8.29. The number of nitrogens with zero attached hydrogens (tertiary/aromatic N) is 2. The Bertz CT molecular complexity index is 761. The van der Waals surface area contributed by atoms with Gasteiger partial charge >= 0.3 is 11.7 Å². The molecule has 0 aliphatic rings. The number of carbonyl (C=O) groups excluding carboxylic acids is 1. The number of rotatable bonds is 7. The second-order valence-electron chi connectivity index (χ2n) is 5.34. The lowest BCUT2D eigenvalue weighted by atomic mass is 9.82. The van der Waals surface area contributed by atoms with Crippen LogP contribution in [0.1, 0.15) is 18.1 Å². The molecule has 2 aromatic rings. The van der Waals surface area contributed by atoms with Crippen LogP contribution in [0.15, 0.2) is 48.5 Å². The predicted molar refractivity (Wildman–Crippen MR) is 94.2 cm³/mol. The highest BCUT2D eigenvalue weighted by molar-refractivity contribution is 6.37. The summed E-state index contributed by atoms with van der Waals surface area (Å²) in [5.41, 5.74) is 7.50. The zero-order valence-corrected chi connectivity index (χ0v) is 14.8. The SMILES string of the molecule is CCOC(=O)C(=[N+]=[N-])C(O)(c1ccc(OC)cc1)c1ccc(OC)cc1. The molecule has 0 radical (unpaired) electrons. The minimum Gasteiger partial charge on any atom is -0.497 e. The van der Waals surface area contributed by atoms with Crippen LogP contribution in [-0.2, 0) is 15.1 Å². The molecular weight excluding hydrogens is 336 g/mol. The van der Waals surface area contributed by atoms with Crippen LogP contribution in [0.3, 0.4) is 0 Å². The molecule has 0 bridgehead atoms. The number of hydrogen-bond acceptors (Lipinski definition) is 5. The van der Waals surface area contributed by atoms with Gasteiger partial charge in [-0.1, -0.05) is 24.3 Å². The Labute approximate surface area is 151 Å². The van der Waals surface area contributed by atoms with Gasteiger partial charge in [-0.25, -0.2) is 4.79 Å². The number of carbonyl (C=O) groups is 1. The predicted octanol–water partition coefficient (Wildman–Crippen LogP) is 2.17. The summed E-state index contributed by atoms with van der Waals surface area (Å²) in [6.45, 7) is 1.69. The lowest BCUT2D eigenvalue weighted by Crippen LogP contribution is -2.43. The van der Waals surface area contributed by atoms with Gasteiger partial charge in [-0.15, -0.1) is 0 Å². The van der Waals surface area contributed by atoms with Crippen molar-refractivity contribution in [1.29, 1.82) is 0 Å². The van der Waals surface area contributed by atoms with Gasteiger partial charge in [0, 0.05) is 11.1 Å². The van der Waals surface area contributed by atoms with E-state index in [1.165, 1.54) is 14.2 Å². The van der Waals surface area contributed by atoms with Crippen LogP contribution >= 0.6 is 0 Å². The molecule has 0 unspecified atom stereocenters. The lowest BCUT2D eigenvalue weighted by Gasteiger charge is -2.24. The van der Waals surface area contributed by atoms with Crippen LogP contribution in [0.2, 0.25) is 0 Å². The van der Waals surface area contributed by atoms with E-state index in [1.54, 1.807) is 55.5 Å². The third-order valence-corrected chi connectivity index (χ3v) is 3.93. The van der Waals surface area contributed by atoms with Gasteiger partial charge in [-0.3, -0.25) is 0 Å². The van der Waals surface area contributed by atoms with E-state index in [9.17, 15) is 15.4 Å². The standard InChI is InChI=1S/C19H20N2O5/c1-4-26-18(22)17(21-20)19(23,13-5-9-15(24-2)10-6-13)14-7-11-16(25-3)12-8-14/h5-12,23H,4H2,1-3H3. The van der Waals surface area contributed by atoms with Gasteiger partial charge in [0.1, 0.15) is 11.5 Å². The Kier molecular flexibility index (Phi) is 6.11. The van der Waals surface area contributed by atoms with Crippen LogP contribution in [-0.4, -0.2) is 42.4 Å². The highest BCUT2D eigenvalue weighted by atomic mass is 16.5. The van der Waals surface area contributed by atoms with Crippen molar-refractivity contribution in [1.82, 2.24) is 0 Å². The zero-order valence-electron chi connectivity index (χ0n) is 14.8. The number of methoxy groups -OCH3 is 2. The third-order valence-electron chi connectivity index (χ3n) is 3.93. The smallest absolute Gasteiger partial charge is 0.421 e. The molecule has 0 aromatic heterocycles. The van der Waals surface area contributed by atoms with Crippen molar-refractivity contribution < 1.29 is 28.9 Å². The summed E-state index contributed by atoms with van der Waals surface area (Å²) in [7, 11) is 3.04. The van der Waals surface area contributed by atoms with Crippen molar-refractivity contribution in [2.45, 2.75) is 12.5 Å². The Balaban J connectivity index is 2.65. The first-order chi connectivity index (χ1) is 12.5. The van der Waals surface area contributed by atoms with E-state index in [1.807, 2.05) is 0 Å². The second-order valence-corrected chi connectivity index (χ2v) is 5.34. The summed E-state index contributed by atoms with van der Waals surface area (Å²) in [4.78, 5) is 15.3. The van der Waals surface area contributed by atoms with Gasteiger partial charge in [0.25, 0.3) is 0 Å². The first kappa shape index (κ1) is 19.2. The number of aliphatic hydroxyl groups is 1. The molecule has 1 N–H and O–H groups in total. The van der Waals surface area contributed by atoms with Gasteiger partial charge in [-0.05, 0) is 31.2 Å². The summed E-state index contributed by atoms with van der Waals surface area (Å²) >= 11 is 0. The summed E-state index contributed by atoms with van der Waals surface area (Å²) in [5, 5.41) is 11.5. The molecule has 0 aliphatic heterocycles. The maximum atomic E-state index is 12.3. The number of hydrogen-bond donors (Lipinski definition) is 1. The van der Waals surface area contributed by atoms with E-state index < -0.39 is 17.3 Å². The summed E-state index contributed by atoms with van der Waals surface area (Å²) in [6, 6.07) is 12.8. The first-order valence-corrected chi connectivity index (χ1v) is 7.92. The minimum atomic E-state index is -2.03. The fraction of sp³-hybridized carbons (Fsp3) is 0.263. The van der Waals surface area contributed by atoms with E-state index in [0.717, 1.165) is 0 Å². The fourth-order valence-corrected chi connectivity index (χ4v) is 2.56. The van der Waals surface area contributed by atoms with E-state index in [0.29, 0.717) is 22.6 Å². The molecule has 2 aromatic carbocycles. The highest BCUT2D eigenvalue weighted by Gasteiger charge is 2.49. The fourth-order valence-electron chi connectivity index (χ4n) is 2.56. The molecule has 7 nitrogen and oxygen atoms in total. The molecule has 136 valence electrons. The van der Waals surface area contributed by atoms with Gasteiger partial charge in [0.05, 0.1) is 20.8 Å². The molecule has 0 saturated heterocycles.